The second-order valence-electron chi connectivity index (χ2n) is 6.19. The van der Waals surface area contributed by atoms with Crippen LogP contribution in [0.25, 0.3) is 0 Å². The van der Waals surface area contributed by atoms with Gasteiger partial charge in [0, 0.05) is 30.0 Å². The Balaban J connectivity index is 2.02. The van der Waals surface area contributed by atoms with Gasteiger partial charge in [-0.2, -0.15) is 5.10 Å². The normalized spacial score (nSPS) is 21.3. The first-order chi connectivity index (χ1) is 10.2. The topological polar surface area (TPSA) is 17.8 Å². The van der Waals surface area contributed by atoms with Crippen LogP contribution in [-0.2, 0) is 24.8 Å². The van der Waals surface area contributed by atoms with E-state index in [1.165, 1.54) is 36.1 Å². The second-order valence-corrected chi connectivity index (χ2v) is 6.46. The van der Waals surface area contributed by atoms with Crippen molar-refractivity contribution >= 4 is 11.6 Å². The molecule has 0 amide bonds. The van der Waals surface area contributed by atoms with Gasteiger partial charge in [-0.25, -0.2) is 0 Å². The van der Waals surface area contributed by atoms with Gasteiger partial charge in [-0.3, -0.25) is 4.68 Å². The third-order valence-corrected chi connectivity index (χ3v) is 5.26. The summed E-state index contributed by atoms with van der Waals surface area (Å²) in [6.07, 6.45) is 4.56. The molecule has 21 heavy (non-hydrogen) atoms. The van der Waals surface area contributed by atoms with Gasteiger partial charge in [0.05, 0.1) is 5.69 Å². The summed E-state index contributed by atoms with van der Waals surface area (Å²) >= 11 is 6.49. The van der Waals surface area contributed by atoms with Gasteiger partial charge in [-0.05, 0) is 50.3 Å². The molecule has 3 heteroatoms. The van der Waals surface area contributed by atoms with Crippen molar-refractivity contribution in [2.45, 2.75) is 51.5 Å². The number of aromatic nitrogens is 2. The van der Waals surface area contributed by atoms with Crippen molar-refractivity contribution in [2.24, 2.45) is 0 Å². The maximum atomic E-state index is 6.49. The summed E-state index contributed by atoms with van der Waals surface area (Å²) in [6, 6.07) is 11.0. The molecule has 0 spiro atoms. The molecule has 1 atom stereocenters. The molecular weight excluding hydrogens is 280 g/mol. The van der Waals surface area contributed by atoms with Crippen molar-refractivity contribution in [3.63, 3.8) is 0 Å². The first-order valence-electron chi connectivity index (χ1n) is 7.86. The molecule has 1 heterocycles. The zero-order valence-corrected chi connectivity index (χ0v) is 13.7. The molecule has 0 radical (unpaired) electrons. The summed E-state index contributed by atoms with van der Waals surface area (Å²) in [5, 5.41) is 4.59. The van der Waals surface area contributed by atoms with E-state index in [2.05, 4.69) is 54.0 Å². The third kappa shape index (κ3) is 2.62. The summed E-state index contributed by atoms with van der Waals surface area (Å²) < 4.78 is 2.13. The van der Waals surface area contributed by atoms with Crippen LogP contribution >= 0.6 is 11.6 Å². The predicted molar refractivity (Wildman–Crippen MR) is 88.1 cm³/mol. The minimum absolute atomic E-state index is 0.0653. The number of halogens is 1. The van der Waals surface area contributed by atoms with Crippen LogP contribution in [0.4, 0.5) is 0 Å². The van der Waals surface area contributed by atoms with E-state index in [1.54, 1.807) is 0 Å². The maximum Gasteiger partial charge on any atom is 0.0596 e. The molecule has 3 rings (SSSR count). The van der Waals surface area contributed by atoms with Crippen molar-refractivity contribution in [3.05, 3.63) is 52.8 Å². The first-order valence-corrected chi connectivity index (χ1v) is 8.39. The Hall–Kier alpha value is -1.28. The number of fused-ring (bicyclic) bond motifs is 1. The average molecular weight is 303 g/mol. The Morgan fingerprint density at radius 1 is 1.33 bits per heavy atom. The molecule has 1 aliphatic carbocycles. The Morgan fingerprint density at radius 3 is 2.90 bits per heavy atom. The minimum Gasteiger partial charge on any atom is -0.270 e. The SMILES string of the molecule is CCn1nc(C)cc1CC1(CCl)CCCc2ccccc21. The van der Waals surface area contributed by atoms with Gasteiger partial charge in [-0.15, -0.1) is 11.6 Å². The molecule has 1 aromatic carbocycles. The van der Waals surface area contributed by atoms with E-state index in [-0.39, 0.29) is 5.41 Å². The molecule has 1 unspecified atom stereocenters. The molecule has 2 nitrogen and oxygen atoms in total. The Morgan fingerprint density at radius 2 is 2.14 bits per heavy atom. The van der Waals surface area contributed by atoms with Gasteiger partial charge >= 0.3 is 0 Å². The lowest BCUT2D eigenvalue weighted by Gasteiger charge is -2.38. The second kappa shape index (κ2) is 5.84. The Bertz CT molecular complexity index is 632. The van der Waals surface area contributed by atoms with Crippen LogP contribution in [0.15, 0.2) is 30.3 Å². The molecule has 1 aromatic heterocycles. The zero-order valence-electron chi connectivity index (χ0n) is 12.9. The largest absolute Gasteiger partial charge is 0.270 e. The first kappa shape index (κ1) is 14.6. The van der Waals surface area contributed by atoms with Crippen molar-refractivity contribution < 1.29 is 0 Å². The maximum absolute atomic E-state index is 6.49. The molecule has 0 aliphatic heterocycles. The lowest BCUT2D eigenvalue weighted by molar-refractivity contribution is 0.384. The standard InChI is InChI=1S/C18H23ClN2/c1-3-21-16(11-14(2)20-21)12-18(13-19)10-6-8-15-7-4-5-9-17(15)18/h4-5,7,9,11H,3,6,8,10,12-13H2,1-2H3. The van der Waals surface area contributed by atoms with Crippen LogP contribution in [-0.4, -0.2) is 15.7 Å². The Labute approximate surface area is 132 Å². The molecule has 2 aromatic rings. The minimum atomic E-state index is 0.0653. The van der Waals surface area contributed by atoms with E-state index in [1.807, 2.05) is 0 Å². The molecule has 0 bridgehead atoms. The summed E-state index contributed by atoms with van der Waals surface area (Å²) in [5.41, 5.74) is 5.40. The van der Waals surface area contributed by atoms with Crippen molar-refractivity contribution in [1.82, 2.24) is 9.78 Å². The highest BCUT2D eigenvalue weighted by atomic mass is 35.5. The molecule has 0 saturated heterocycles. The quantitative estimate of drug-likeness (QED) is 0.771. The number of rotatable bonds is 4. The predicted octanol–water partition coefficient (Wildman–Crippen LogP) is 4.27. The van der Waals surface area contributed by atoms with Crippen LogP contribution < -0.4 is 0 Å². The van der Waals surface area contributed by atoms with Crippen LogP contribution in [0.5, 0.6) is 0 Å². The fourth-order valence-electron chi connectivity index (χ4n) is 3.74. The van der Waals surface area contributed by atoms with Gasteiger partial charge in [0.1, 0.15) is 0 Å². The number of alkyl halides is 1. The summed E-state index contributed by atoms with van der Waals surface area (Å²) in [5.74, 6) is 0.679. The lowest BCUT2D eigenvalue weighted by Crippen LogP contribution is -2.36. The van der Waals surface area contributed by atoms with Crippen LogP contribution in [0.2, 0.25) is 0 Å². The van der Waals surface area contributed by atoms with E-state index in [0.717, 1.165) is 18.7 Å². The van der Waals surface area contributed by atoms with Crippen LogP contribution in [0.1, 0.15) is 42.3 Å². The van der Waals surface area contributed by atoms with Crippen LogP contribution in [0.3, 0.4) is 0 Å². The van der Waals surface area contributed by atoms with E-state index in [0.29, 0.717) is 5.88 Å². The number of hydrogen-bond donors (Lipinski definition) is 0. The van der Waals surface area contributed by atoms with Gasteiger partial charge in [0.25, 0.3) is 0 Å². The van der Waals surface area contributed by atoms with Crippen molar-refractivity contribution in [3.8, 4) is 0 Å². The third-order valence-electron chi connectivity index (χ3n) is 4.75. The molecule has 0 N–H and O–H groups in total. The van der Waals surface area contributed by atoms with E-state index >= 15 is 0 Å². The molecular formula is C18H23ClN2. The van der Waals surface area contributed by atoms with E-state index in [4.69, 9.17) is 11.6 Å². The fraction of sp³-hybridized carbons (Fsp3) is 0.500. The highest BCUT2D eigenvalue weighted by molar-refractivity contribution is 6.18. The molecule has 0 fully saturated rings. The van der Waals surface area contributed by atoms with Gasteiger partial charge in [0.2, 0.25) is 0 Å². The van der Waals surface area contributed by atoms with E-state index < -0.39 is 0 Å². The fourth-order valence-corrected chi connectivity index (χ4v) is 4.11. The highest BCUT2D eigenvalue weighted by Crippen LogP contribution is 2.41. The summed E-state index contributed by atoms with van der Waals surface area (Å²) in [7, 11) is 0. The van der Waals surface area contributed by atoms with Gasteiger partial charge < -0.3 is 0 Å². The summed E-state index contributed by atoms with van der Waals surface area (Å²) in [6.45, 7) is 5.14. The zero-order chi connectivity index (χ0) is 14.9. The van der Waals surface area contributed by atoms with Crippen molar-refractivity contribution in [1.29, 1.82) is 0 Å². The molecule has 0 saturated carbocycles. The highest BCUT2D eigenvalue weighted by Gasteiger charge is 2.36. The van der Waals surface area contributed by atoms with Gasteiger partial charge in [0.15, 0.2) is 0 Å². The lowest BCUT2D eigenvalue weighted by atomic mass is 9.68. The number of hydrogen-bond acceptors (Lipinski definition) is 1. The monoisotopic (exact) mass is 302 g/mol. The van der Waals surface area contributed by atoms with Gasteiger partial charge in [-0.1, -0.05) is 24.3 Å². The molecule has 1 aliphatic rings. The summed E-state index contributed by atoms with van der Waals surface area (Å²) in [4.78, 5) is 0. The smallest absolute Gasteiger partial charge is 0.0596 e. The number of nitrogens with zero attached hydrogens (tertiary/aromatic N) is 2. The van der Waals surface area contributed by atoms with Crippen LogP contribution in [0, 0.1) is 6.92 Å². The molecule has 112 valence electrons. The number of aryl methyl sites for hydroxylation is 3. The average Bonchev–Trinajstić information content (AvgIpc) is 2.87. The van der Waals surface area contributed by atoms with E-state index in [9.17, 15) is 0 Å². The van der Waals surface area contributed by atoms with Crippen molar-refractivity contribution in [2.75, 3.05) is 5.88 Å². The number of benzene rings is 1. The Kier molecular flexibility index (Phi) is 4.08.